The number of pyridine rings is 1. The van der Waals surface area contributed by atoms with Gasteiger partial charge in [-0.15, -0.1) is 0 Å². The molecule has 13 heavy (non-hydrogen) atoms. The van der Waals surface area contributed by atoms with Gasteiger partial charge < -0.3 is 4.74 Å². The van der Waals surface area contributed by atoms with Crippen molar-refractivity contribution in [2.45, 2.75) is 4.83 Å². The highest BCUT2D eigenvalue weighted by atomic mass is 79.9. The first-order valence-electron chi connectivity index (χ1n) is 3.48. The largest absolute Gasteiger partial charge is 0.468 e. The summed E-state index contributed by atoms with van der Waals surface area (Å²) in [5, 5.41) is 0.397. The van der Waals surface area contributed by atoms with Crippen LogP contribution in [0.2, 0.25) is 5.15 Å². The Morgan fingerprint density at radius 3 is 2.85 bits per heavy atom. The van der Waals surface area contributed by atoms with Crippen LogP contribution in [0, 0.1) is 0 Å². The van der Waals surface area contributed by atoms with Crippen LogP contribution in [-0.2, 0) is 9.53 Å². The summed E-state index contributed by atoms with van der Waals surface area (Å²) in [6.07, 6.45) is 1.53. The van der Waals surface area contributed by atoms with E-state index in [4.69, 9.17) is 11.6 Å². The van der Waals surface area contributed by atoms with E-state index in [2.05, 4.69) is 25.7 Å². The van der Waals surface area contributed by atoms with Gasteiger partial charge in [0.2, 0.25) is 0 Å². The van der Waals surface area contributed by atoms with Crippen molar-refractivity contribution in [2.24, 2.45) is 0 Å². The molecule has 1 atom stereocenters. The average molecular weight is 265 g/mol. The quantitative estimate of drug-likeness (QED) is 0.467. The lowest BCUT2D eigenvalue weighted by molar-refractivity contribution is -0.139. The Labute approximate surface area is 89.2 Å². The fraction of sp³-hybridized carbons (Fsp3) is 0.250. The summed E-state index contributed by atoms with van der Waals surface area (Å²) in [6.45, 7) is 0. The Kier molecular flexibility index (Phi) is 3.69. The first kappa shape index (κ1) is 10.5. The number of aromatic nitrogens is 1. The topological polar surface area (TPSA) is 39.2 Å². The van der Waals surface area contributed by atoms with E-state index in [0.717, 1.165) is 5.56 Å². The average Bonchev–Trinajstić information content (AvgIpc) is 2.17. The molecule has 5 heteroatoms. The van der Waals surface area contributed by atoms with Crippen LogP contribution in [0.25, 0.3) is 0 Å². The van der Waals surface area contributed by atoms with E-state index < -0.39 is 4.83 Å². The van der Waals surface area contributed by atoms with Gasteiger partial charge in [-0.3, -0.25) is 4.79 Å². The number of hydrogen-bond donors (Lipinski definition) is 0. The number of carbonyl (C=O) groups excluding carboxylic acids is 1. The van der Waals surface area contributed by atoms with Gasteiger partial charge in [-0.05, 0) is 11.6 Å². The summed E-state index contributed by atoms with van der Waals surface area (Å²) in [4.78, 5) is 14.4. The van der Waals surface area contributed by atoms with Crippen molar-refractivity contribution in [3.05, 3.63) is 29.0 Å². The predicted octanol–water partition coefficient (Wildman–Crippen LogP) is 2.34. The number of nitrogens with zero attached hydrogens (tertiary/aromatic N) is 1. The van der Waals surface area contributed by atoms with Crippen LogP contribution in [0.15, 0.2) is 18.3 Å². The van der Waals surface area contributed by atoms with E-state index in [9.17, 15) is 4.79 Å². The van der Waals surface area contributed by atoms with Crippen molar-refractivity contribution in [2.75, 3.05) is 7.11 Å². The molecule has 0 aliphatic heterocycles. The van der Waals surface area contributed by atoms with Crippen molar-refractivity contribution in [3.63, 3.8) is 0 Å². The van der Waals surface area contributed by atoms with Gasteiger partial charge in [0, 0.05) is 6.20 Å². The van der Waals surface area contributed by atoms with Crippen LogP contribution in [0.1, 0.15) is 10.4 Å². The zero-order valence-electron chi connectivity index (χ0n) is 6.83. The molecule has 1 heterocycles. The van der Waals surface area contributed by atoms with Crippen LogP contribution < -0.4 is 0 Å². The van der Waals surface area contributed by atoms with Gasteiger partial charge in [0.1, 0.15) is 9.98 Å². The lowest BCUT2D eigenvalue weighted by Gasteiger charge is -2.06. The molecule has 70 valence electrons. The molecule has 1 aromatic rings. The molecule has 0 saturated heterocycles. The maximum atomic E-state index is 11.1. The Balaban J connectivity index is 2.83. The van der Waals surface area contributed by atoms with E-state index in [1.807, 2.05) is 0 Å². The van der Waals surface area contributed by atoms with E-state index >= 15 is 0 Å². The van der Waals surface area contributed by atoms with Crippen molar-refractivity contribution < 1.29 is 9.53 Å². The zero-order valence-corrected chi connectivity index (χ0v) is 9.17. The van der Waals surface area contributed by atoms with E-state index in [1.165, 1.54) is 13.3 Å². The number of methoxy groups -OCH3 is 1. The van der Waals surface area contributed by atoms with Crippen molar-refractivity contribution >= 4 is 33.5 Å². The lowest BCUT2D eigenvalue weighted by atomic mass is 10.2. The molecular formula is C8H7BrClNO2. The minimum Gasteiger partial charge on any atom is -0.468 e. The first-order chi connectivity index (χ1) is 6.15. The number of esters is 1. The molecule has 0 aromatic carbocycles. The normalized spacial score (nSPS) is 12.2. The summed E-state index contributed by atoms with van der Waals surface area (Å²) >= 11 is 8.77. The molecule has 1 rings (SSSR count). The Morgan fingerprint density at radius 2 is 2.38 bits per heavy atom. The van der Waals surface area contributed by atoms with Crippen LogP contribution in [0.4, 0.5) is 0 Å². The third-order valence-corrected chi connectivity index (χ3v) is 2.58. The second-order valence-electron chi connectivity index (χ2n) is 2.30. The molecule has 0 saturated carbocycles. The van der Waals surface area contributed by atoms with Gasteiger partial charge >= 0.3 is 5.97 Å². The highest BCUT2D eigenvalue weighted by Crippen LogP contribution is 2.23. The van der Waals surface area contributed by atoms with Gasteiger partial charge in [-0.1, -0.05) is 33.6 Å². The molecule has 1 aromatic heterocycles. The lowest BCUT2D eigenvalue weighted by Crippen LogP contribution is -2.08. The fourth-order valence-electron chi connectivity index (χ4n) is 0.777. The third-order valence-electron chi connectivity index (χ3n) is 1.45. The fourth-order valence-corrected chi connectivity index (χ4v) is 1.35. The van der Waals surface area contributed by atoms with E-state index in [0.29, 0.717) is 5.15 Å². The van der Waals surface area contributed by atoms with Crippen LogP contribution in [0.5, 0.6) is 0 Å². The first-order valence-corrected chi connectivity index (χ1v) is 4.78. The van der Waals surface area contributed by atoms with Crippen molar-refractivity contribution in [1.29, 1.82) is 0 Å². The number of carbonyl (C=O) groups is 1. The molecule has 0 amide bonds. The number of hydrogen-bond acceptors (Lipinski definition) is 3. The minimum atomic E-state index is -0.484. The summed E-state index contributed by atoms with van der Waals surface area (Å²) in [7, 11) is 1.33. The maximum Gasteiger partial charge on any atom is 0.324 e. The highest BCUT2D eigenvalue weighted by Gasteiger charge is 2.17. The standard InChI is InChI=1S/C8H7BrClNO2/c1-13-8(12)7(9)5-2-3-6(10)11-4-5/h2-4,7H,1H3/t7-/m1/s1. The molecule has 0 aliphatic carbocycles. The van der Waals surface area contributed by atoms with Crippen LogP contribution in [0.3, 0.4) is 0 Å². The molecule has 0 radical (unpaired) electrons. The predicted molar refractivity (Wildman–Crippen MR) is 52.9 cm³/mol. The van der Waals surface area contributed by atoms with Gasteiger partial charge in [0.15, 0.2) is 0 Å². The third kappa shape index (κ3) is 2.67. The SMILES string of the molecule is COC(=O)[C@H](Br)c1ccc(Cl)nc1. The molecule has 3 nitrogen and oxygen atoms in total. The molecule has 0 spiro atoms. The highest BCUT2D eigenvalue weighted by molar-refractivity contribution is 9.09. The van der Waals surface area contributed by atoms with Gasteiger partial charge in [0.05, 0.1) is 7.11 Å². The summed E-state index contributed by atoms with van der Waals surface area (Å²) in [5.41, 5.74) is 0.719. The maximum absolute atomic E-state index is 11.1. The Bertz CT molecular complexity index is 302. The number of halogens is 2. The number of ether oxygens (including phenoxy) is 1. The van der Waals surface area contributed by atoms with Crippen LogP contribution in [-0.4, -0.2) is 18.1 Å². The monoisotopic (exact) mass is 263 g/mol. The zero-order chi connectivity index (χ0) is 9.84. The summed E-state index contributed by atoms with van der Waals surface area (Å²) in [6, 6.07) is 3.33. The molecule has 0 N–H and O–H groups in total. The molecule has 0 aliphatic rings. The second-order valence-corrected chi connectivity index (χ2v) is 3.60. The number of alkyl halides is 1. The molecule has 0 bridgehead atoms. The second kappa shape index (κ2) is 4.58. The van der Waals surface area contributed by atoms with Crippen molar-refractivity contribution in [3.8, 4) is 0 Å². The Morgan fingerprint density at radius 1 is 1.69 bits per heavy atom. The van der Waals surface area contributed by atoms with E-state index in [-0.39, 0.29) is 5.97 Å². The summed E-state index contributed by atoms with van der Waals surface area (Å²) < 4.78 is 4.55. The Hall–Kier alpha value is -0.610. The van der Waals surface area contributed by atoms with Gasteiger partial charge in [-0.2, -0.15) is 0 Å². The molecular weight excluding hydrogens is 257 g/mol. The van der Waals surface area contributed by atoms with Crippen LogP contribution >= 0.6 is 27.5 Å². The smallest absolute Gasteiger partial charge is 0.324 e. The van der Waals surface area contributed by atoms with Gasteiger partial charge in [0.25, 0.3) is 0 Å². The van der Waals surface area contributed by atoms with E-state index in [1.54, 1.807) is 12.1 Å². The van der Waals surface area contributed by atoms with Crippen molar-refractivity contribution in [1.82, 2.24) is 4.98 Å². The molecule has 0 unspecified atom stereocenters. The van der Waals surface area contributed by atoms with Gasteiger partial charge in [-0.25, -0.2) is 4.98 Å². The number of rotatable bonds is 2. The summed E-state index contributed by atoms with van der Waals surface area (Å²) in [5.74, 6) is -0.357. The minimum absolute atomic E-state index is 0.357. The molecule has 0 fully saturated rings.